The maximum absolute atomic E-state index is 4.32. The highest BCUT2D eigenvalue weighted by atomic mass is 14.8. The van der Waals surface area contributed by atoms with Crippen molar-refractivity contribution in [2.45, 2.75) is 0 Å². The SMILES string of the molecule is [c]1cccc2ccc3nccnc3c12. The Morgan fingerprint density at radius 1 is 1.00 bits per heavy atom. The summed E-state index contributed by atoms with van der Waals surface area (Å²) in [5.74, 6) is 0. The summed E-state index contributed by atoms with van der Waals surface area (Å²) in [5.41, 5.74) is 1.84. The van der Waals surface area contributed by atoms with Crippen molar-refractivity contribution in [3.8, 4) is 0 Å². The Morgan fingerprint density at radius 2 is 1.93 bits per heavy atom. The maximum atomic E-state index is 4.32. The van der Waals surface area contributed by atoms with Gasteiger partial charge in [-0.15, -0.1) is 0 Å². The summed E-state index contributed by atoms with van der Waals surface area (Å²) >= 11 is 0. The quantitative estimate of drug-likeness (QED) is 0.496. The van der Waals surface area contributed by atoms with E-state index >= 15 is 0 Å². The van der Waals surface area contributed by atoms with Crippen LogP contribution in [0, 0.1) is 6.07 Å². The van der Waals surface area contributed by atoms with Crippen LogP contribution in [0.1, 0.15) is 0 Å². The summed E-state index contributed by atoms with van der Waals surface area (Å²) in [6, 6.07) is 13.2. The Hall–Kier alpha value is -1.96. The number of rotatable bonds is 0. The highest BCUT2D eigenvalue weighted by molar-refractivity contribution is 6.03. The van der Waals surface area contributed by atoms with Crippen LogP contribution in [0.4, 0.5) is 0 Å². The van der Waals surface area contributed by atoms with Gasteiger partial charge in [0.15, 0.2) is 0 Å². The van der Waals surface area contributed by atoms with E-state index in [0.717, 1.165) is 21.8 Å². The molecular formula is C12H7N2. The predicted molar refractivity (Wildman–Crippen MR) is 55.9 cm³/mol. The first kappa shape index (κ1) is 7.44. The van der Waals surface area contributed by atoms with Gasteiger partial charge in [-0.2, -0.15) is 0 Å². The van der Waals surface area contributed by atoms with Gasteiger partial charge in [-0.25, -0.2) is 0 Å². The molecule has 0 spiro atoms. The first-order valence-corrected chi connectivity index (χ1v) is 4.45. The van der Waals surface area contributed by atoms with Gasteiger partial charge >= 0.3 is 0 Å². The molecule has 1 radical (unpaired) electrons. The van der Waals surface area contributed by atoms with E-state index in [9.17, 15) is 0 Å². The molecule has 2 aromatic carbocycles. The molecule has 1 aromatic heterocycles. The molecule has 65 valence electrons. The first-order chi connectivity index (χ1) is 6.95. The topological polar surface area (TPSA) is 25.8 Å². The van der Waals surface area contributed by atoms with Crippen LogP contribution in [0.25, 0.3) is 21.8 Å². The molecule has 0 saturated heterocycles. The molecule has 0 atom stereocenters. The third-order valence-corrected chi connectivity index (χ3v) is 2.27. The summed E-state index contributed by atoms with van der Waals surface area (Å²) in [5, 5.41) is 2.19. The lowest BCUT2D eigenvalue weighted by Crippen LogP contribution is -1.83. The molecule has 0 aliphatic carbocycles. The van der Waals surface area contributed by atoms with Gasteiger partial charge in [0.1, 0.15) is 0 Å². The van der Waals surface area contributed by atoms with Gasteiger partial charge in [0.25, 0.3) is 0 Å². The van der Waals surface area contributed by atoms with Crippen LogP contribution in [0.15, 0.2) is 42.7 Å². The van der Waals surface area contributed by atoms with E-state index in [0.29, 0.717) is 0 Å². The van der Waals surface area contributed by atoms with Gasteiger partial charge in [0.2, 0.25) is 0 Å². The third-order valence-electron chi connectivity index (χ3n) is 2.27. The molecule has 3 aromatic rings. The average Bonchev–Trinajstić information content (AvgIpc) is 2.29. The second-order valence-electron chi connectivity index (χ2n) is 3.12. The van der Waals surface area contributed by atoms with Crippen LogP contribution >= 0.6 is 0 Å². The van der Waals surface area contributed by atoms with Gasteiger partial charge in [0.05, 0.1) is 11.0 Å². The monoisotopic (exact) mass is 179 g/mol. The van der Waals surface area contributed by atoms with Crippen LogP contribution in [0.2, 0.25) is 0 Å². The maximum Gasteiger partial charge on any atom is 0.0971 e. The molecular weight excluding hydrogens is 172 g/mol. The van der Waals surface area contributed by atoms with Crippen molar-refractivity contribution in [3.63, 3.8) is 0 Å². The molecule has 0 amide bonds. The Kier molecular flexibility index (Phi) is 1.47. The number of aromatic nitrogens is 2. The van der Waals surface area contributed by atoms with Gasteiger partial charge < -0.3 is 0 Å². The Bertz CT molecular complexity index is 547. The minimum atomic E-state index is 0.919. The Labute approximate surface area is 81.2 Å². The molecule has 0 bridgehead atoms. The molecule has 0 aliphatic rings. The van der Waals surface area contributed by atoms with Gasteiger partial charge in [-0.3, -0.25) is 9.97 Å². The Morgan fingerprint density at radius 3 is 2.93 bits per heavy atom. The smallest absolute Gasteiger partial charge is 0.0971 e. The van der Waals surface area contributed by atoms with E-state index in [1.807, 2.05) is 24.3 Å². The normalized spacial score (nSPS) is 10.9. The standard InChI is InChI=1S/C12H7N2/c1-2-4-10-9(3-1)5-6-11-12(10)14-8-7-13-11/h1-3,5-8H. The fourth-order valence-corrected chi connectivity index (χ4v) is 1.63. The highest BCUT2D eigenvalue weighted by Crippen LogP contribution is 2.20. The van der Waals surface area contributed by atoms with E-state index in [1.165, 1.54) is 0 Å². The second kappa shape index (κ2) is 2.77. The largest absolute Gasteiger partial charge is 0.253 e. The number of benzene rings is 2. The zero-order valence-corrected chi connectivity index (χ0v) is 7.44. The molecule has 1 heterocycles. The third kappa shape index (κ3) is 0.973. The van der Waals surface area contributed by atoms with Crippen LogP contribution in [-0.4, -0.2) is 9.97 Å². The lowest BCUT2D eigenvalue weighted by molar-refractivity contribution is 1.30. The van der Waals surface area contributed by atoms with E-state index in [-0.39, 0.29) is 0 Å². The van der Waals surface area contributed by atoms with Crippen LogP contribution in [0.3, 0.4) is 0 Å². The number of fused-ring (bicyclic) bond motifs is 3. The zero-order valence-electron chi connectivity index (χ0n) is 7.44. The van der Waals surface area contributed by atoms with E-state index in [2.05, 4.69) is 22.1 Å². The molecule has 0 unspecified atom stereocenters. The van der Waals surface area contributed by atoms with E-state index in [1.54, 1.807) is 12.4 Å². The zero-order chi connectivity index (χ0) is 9.38. The second-order valence-corrected chi connectivity index (χ2v) is 3.12. The molecule has 2 heteroatoms. The molecule has 14 heavy (non-hydrogen) atoms. The fraction of sp³-hybridized carbons (Fsp3) is 0. The molecule has 0 saturated carbocycles. The summed E-state index contributed by atoms with van der Waals surface area (Å²) in [6.07, 6.45) is 3.42. The number of nitrogens with zero attached hydrogens (tertiary/aromatic N) is 2. The van der Waals surface area contributed by atoms with Crippen molar-refractivity contribution >= 4 is 21.8 Å². The van der Waals surface area contributed by atoms with Gasteiger partial charge in [-0.1, -0.05) is 24.3 Å². The van der Waals surface area contributed by atoms with Crippen LogP contribution in [0.5, 0.6) is 0 Å². The Balaban J connectivity index is 2.61. The molecule has 0 N–H and O–H groups in total. The summed E-state index contributed by atoms with van der Waals surface area (Å²) in [4.78, 5) is 8.56. The van der Waals surface area contributed by atoms with Crippen molar-refractivity contribution in [1.29, 1.82) is 0 Å². The summed E-state index contributed by atoms with van der Waals surface area (Å²) in [6.45, 7) is 0. The molecule has 0 fully saturated rings. The van der Waals surface area contributed by atoms with Crippen LogP contribution in [-0.2, 0) is 0 Å². The minimum Gasteiger partial charge on any atom is -0.253 e. The summed E-state index contributed by atoms with van der Waals surface area (Å²) < 4.78 is 0. The minimum absolute atomic E-state index is 0.919. The lowest BCUT2D eigenvalue weighted by Gasteiger charge is -2.00. The average molecular weight is 179 g/mol. The van der Waals surface area contributed by atoms with Crippen molar-refractivity contribution in [2.75, 3.05) is 0 Å². The van der Waals surface area contributed by atoms with Gasteiger partial charge in [-0.05, 0) is 17.5 Å². The molecule has 3 rings (SSSR count). The van der Waals surface area contributed by atoms with Crippen molar-refractivity contribution < 1.29 is 0 Å². The fourth-order valence-electron chi connectivity index (χ4n) is 1.63. The van der Waals surface area contributed by atoms with Crippen molar-refractivity contribution in [1.82, 2.24) is 9.97 Å². The highest BCUT2D eigenvalue weighted by Gasteiger charge is 2.00. The predicted octanol–water partition coefficient (Wildman–Crippen LogP) is 2.58. The van der Waals surface area contributed by atoms with E-state index in [4.69, 9.17) is 0 Å². The van der Waals surface area contributed by atoms with E-state index < -0.39 is 0 Å². The van der Waals surface area contributed by atoms with Crippen LogP contribution < -0.4 is 0 Å². The lowest BCUT2D eigenvalue weighted by atomic mass is 10.1. The van der Waals surface area contributed by atoms with Crippen molar-refractivity contribution in [2.24, 2.45) is 0 Å². The first-order valence-electron chi connectivity index (χ1n) is 4.45. The molecule has 2 nitrogen and oxygen atoms in total. The molecule has 0 aliphatic heterocycles. The van der Waals surface area contributed by atoms with Gasteiger partial charge in [0, 0.05) is 17.8 Å². The number of hydrogen-bond donors (Lipinski definition) is 0. The number of hydrogen-bond acceptors (Lipinski definition) is 2. The van der Waals surface area contributed by atoms with Crippen molar-refractivity contribution in [3.05, 3.63) is 48.8 Å². The summed E-state index contributed by atoms with van der Waals surface area (Å²) in [7, 11) is 0.